The molecule has 0 atom stereocenters. The van der Waals surface area contributed by atoms with Gasteiger partial charge in [-0.2, -0.15) is 0 Å². The van der Waals surface area contributed by atoms with Crippen LogP contribution in [-0.4, -0.2) is 17.6 Å². The minimum atomic E-state index is -3.17. The maximum absolute atomic E-state index is 9.89. The normalized spacial score (nSPS) is 10.2. The van der Waals surface area contributed by atoms with Crippen LogP contribution in [0.5, 0.6) is 11.5 Å². The van der Waals surface area contributed by atoms with Gasteiger partial charge >= 0.3 is 0 Å². The van der Waals surface area contributed by atoms with E-state index in [1.807, 2.05) is 38.4 Å². The number of halogens is 1. The number of fused-ring (bicyclic) bond motifs is 2. The van der Waals surface area contributed by atoms with Crippen LogP contribution in [-0.2, 0) is 13.1 Å². The predicted octanol–water partition coefficient (Wildman–Crippen LogP) is 0.553. The molecule has 4 rings (SSSR count). The largest absolute Gasteiger partial charge is 0.867 e. The molecule has 0 bridgehead atoms. The van der Waals surface area contributed by atoms with Crippen molar-refractivity contribution >= 4 is 29.3 Å². The number of rotatable bonds is 2. The Morgan fingerprint density at radius 2 is 1.21 bits per heavy atom. The standard InChI is InChI=1S/2C9H9NO2.BFO2/c2*1-2-10-6-7-4-3-5-8(11)9(7)12-10;2-1(3)4/h2*3-6H,2H2,1H3;/q;;-2/p+2. The molecule has 0 saturated heterocycles. The Balaban J connectivity index is 0.000000169. The van der Waals surface area contributed by atoms with Gasteiger partial charge in [0.25, 0.3) is 11.2 Å². The number of nitrogens with zero attached hydrogens (tertiary/aromatic N) is 2. The molecule has 2 N–H and O–H groups in total. The van der Waals surface area contributed by atoms with Crippen LogP contribution in [0.4, 0.5) is 4.32 Å². The van der Waals surface area contributed by atoms with Crippen LogP contribution in [0.3, 0.4) is 0 Å². The van der Waals surface area contributed by atoms with Gasteiger partial charge in [0.1, 0.15) is 7.40 Å². The van der Waals surface area contributed by atoms with E-state index in [1.165, 1.54) is 0 Å². The topological polar surface area (TPSA) is 121 Å². The molecule has 2 aromatic carbocycles. The van der Waals surface area contributed by atoms with Gasteiger partial charge in [0.05, 0.1) is 10.8 Å². The van der Waals surface area contributed by atoms with E-state index >= 15 is 0 Å². The van der Waals surface area contributed by atoms with E-state index < -0.39 is 7.40 Å². The molecular formula is C18H20BFN2O6. The maximum atomic E-state index is 9.89. The highest BCUT2D eigenvalue weighted by Crippen LogP contribution is 2.23. The first kappa shape index (κ1) is 21.2. The number of phenols is 2. The highest BCUT2D eigenvalue weighted by atomic mass is 19.1. The van der Waals surface area contributed by atoms with Gasteiger partial charge in [-0.3, -0.25) is 0 Å². The Kier molecular flexibility index (Phi) is 7.36. The van der Waals surface area contributed by atoms with E-state index in [1.54, 1.807) is 33.7 Å². The minimum Gasteiger partial charge on any atom is -0.867 e. The van der Waals surface area contributed by atoms with Crippen molar-refractivity contribution in [1.29, 1.82) is 0 Å². The van der Waals surface area contributed by atoms with Crippen LogP contribution in [0.15, 0.2) is 57.8 Å². The van der Waals surface area contributed by atoms with Crippen molar-refractivity contribution in [3.8, 4) is 11.5 Å². The third-order valence-corrected chi connectivity index (χ3v) is 3.66. The van der Waals surface area contributed by atoms with Gasteiger partial charge in [-0.15, -0.1) is 0 Å². The van der Waals surface area contributed by atoms with Crippen molar-refractivity contribution in [3.05, 3.63) is 48.8 Å². The Labute approximate surface area is 160 Å². The lowest BCUT2D eigenvalue weighted by Crippen LogP contribution is -2.39. The van der Waals surface area contributed by atoms with Gasteiger partial charge in [-0.05, 0) is 47.6 Å². The number of benzene rings is 2. The first-order valence-electron chi connectivity index (χ1n) is 8.54. The van der Waals surface area contributed by atoms with Gasteiger partial charge < -0.3 is 24.6 Å². The molecule has 2 heterocycles. The lowest BCUT2D eigenvalue weighted by molar-refractivity contribution is -0.857. The molecule has 0 saturated carbocycles. The van der Waals surface area contributed by atoms with E-state index in [0.29, 0.717) is 11.2 Å². The highest BCUT2D eigenvalue weighted by Gasteiger charge is 2.12. The Morgan fingerprint density at radius 1 is 0.857 bits per heavy atom. The molecule has 0 aliphatic rings. The zero-order valence-electron chi connectivity index (χ0n) is 15.4. The number of phenolic OH excluding ortho intramolecular Hbond substituents is 2. The summed E-state index contributed by atoms with van der Waals surface area (Å²) in [5.41, 5.74) is 1.11. The van der Waals surface area contributed by atoms with Crippen LogP contribution in [0.25, 0.3) is 21.9 Å². The lowest BCUT2D eigenvalue weighted by atomic mass is 10.2. The fourth-order valence-corrected chi connectivity index (χ4v) is 2.40. The molecule has 0 aliphatic heterocycles. The van der Waals surface area contributed by atoms with Gasteiger partial charge in [-0.1, -0.05) is 12.1 Å². The number of aromatic hydroxyl groups is 2. The maximum Gasteiger partial charge on any atom is 0.258 e. The van der Waals surface area contributed by atoms with Crippen molar-refractivity contribution in [3.63, 3.8) is 0 Å². The molecule has 8 nitrogen and oxygen atoms in total. The molecule has 2 aromatic heterocycles. The third-order valence-electron chi connectivity index (χ3n) is 3.66. The molecular weight excluding hydrogens is 370 g/mol. The average Bonchev–Trinajstić information content (AvgIpc) is 3.27. The molecule has 28 heavy (non-hydrogen) atoms. The van der Waals surface area contributed by atoms with Gasteiger partial charge in [0.15, 0.2) is 24.6 Å². The lowest BCUT2D eigenvalue weighted by Gasteiger charge is -2.09. The number of aromatic nitrogens is 2. The quantitative estimate of drug-likeness (QED) is 0.381. The highest BCUT2D eigenvalue weighted by molar-refractivity contribution is 6.27. The second-order valence-electron chi connectivity index (χ2n) is 5.57. The molecule has 0 radical (unpaired) electrons. The van der Waals surface area contributed by atoms with Crippen LogP contribution in [0.2, 0.25) is 0 Å². The molecule has 0 aliphatic carbocycles. The Morgan fingerprint density at radius 3 is 1.50 bits per heavy atom. The first-order chi connectivity index (χ1) is 13.3. The molecule has 0 unspecified atom stereocenters. The minimum absolute atomic E-state index is 0.194. The van der Waals surface area contributed by atoms with Gasteiger partial charge in [0, 0.05) is 0 Å². The van der Waals surface area contributed by atoms with Crippen LogP contribution >= 0.6 is 0 Å². The number of aryl methyl sites for hydroxylation is 2. The molecule has 0 spiro atoms. The SMILES string of the molecule is CC[n+]1cc2cccc(O)c2o1.CC[n+]1cc2cccc(O)c2o1.[O-]B([O-])F. The predicted molar refractivity (Wildman–Crippen MR) is 94.4 cm³/mol. The monoisotopic (exact) mass is 390 g/mol. The summed E-state index contributed by atoms with van der Waals surface area (Å²) in [6.07, 6.45) is 3.74. The molecule has 10 heteroatoms. The Bertz CT molecular complexity index is 951. The van der Waals surface area contributed by atoms with E-state index in [2.05, 4.69) is 0 Å². The molecule has 0 fully saturated rings. The molecule has 0 amide bonds. The summed E-state index contributed by atoms with van der Waals surface area (Å²) in [5, 5.41) is 37.2. The summed E-state index contributed by atoms with van der Waals surface area (Å²) in [6, 6.07) is 10.6. The molecule has 148 valence electrons. The van der Waals surface area contributed by atoms with Crippen LogP contribution in [0.1, 0.15) is 13.8 Å². The van der Waals surface area contributed by atoms with Crippen molar-refractivity contribution < 1.29 is 43.1 Å². The van der Waals surface area contributed by atoms with Crippen LogP contribution < -0.4 is 19.5 Å². The summed E-state index contributed by atoms with van der Waals surface area (Å²) >= 11 is 0. The fraction of sp³-hybridized carbons (Fsp3) is 0.222. The second kappa shape index (κ2) is 9.72. The van der Waals surface area contributed by atoms with E-state index in [9.17, 15) is 14.5 Å². The van der Waals surface area contributed by atoms with Crippen molar-refractivity contribution in [2.45, 2.75) is 26.9 Å². The molecule has 4 aromatic rings. The average molecular weight is 390 g/mol. The first-order valence-corrected chi connectivity index (χ1v) is 8.54. The zero-order chi connectivity index (χ0) is 20.7. The summed E-state index contributed by atoms with van der Waals surface area (Å²) in [6.45, 7) is 5.51. The van der Waals surface area contributed by atoms with E-state index in [-0.39, 0.29) is 11.5 Å². The number of hydrogen-bond acceptors (Lipinski definition) is 6. The van der Waals surface area contributed by atoms with Gasteiger partial charge in [-0.25, -0.2) is 9.05 Å². The van der Waals surface area contributed by atoms with Crippen molar-refractivity contribution in [2.24, 2.45) is 0 Å². The fourth-order valence-electron chi connectivity index (χ4n) is 2.40. The number of hydrogen-bond donors (Lipinski definition) is 2. The summed E-state index contributed by atoms with van der Waals surface area (Å²) in [4.78, 5) is 0. The second-order valence-corrected chi connectivity index (χ2v) is 5.57. The van der Waals surface area contributed by atoms with E-state index in [4.69, 9.17) is 19.1 Å². The van der Waals surface area contributed by atoms with Crippen molar-refractivity contribution in [1.82, 2.24) is 0 Å². The number of para-hydroxylation sites is 2. The van der Waals surface area contributed by atoms with Crippen LogP contribution in [0, 0.1) is 0 Å². The summed E-state index contributed by atoms with van der Waals surface area (Å²) in [5.74, 6) is 0.388. The van der Waals surface area contributed by atoms with E-state index in [0.717, 1.165) is 23.9 Å². The van der Waals surface area contributed by atoms with Gasteiger partial charge in [0.2, 0.25) is 12.4 Å². The van der Waals surface area contributed by atoms with Crippen molar-refractivity contribution in [2.75, 3.05) is 0 Å². The summed E-state index contributed by atoms with van der Waals surface area (Å²) < 4.78 is 23.9. The smallest absolute Gasteiger partial charge is 0.258 e. The zero-order valence-corrected chi connectivity index (χ0v) is 15.4. The third kappa shape index (κ3) is 5.45. The summed E-state index contributed by atoms with van der Waals surface area (Å²) in [7, 11) is -3.17. The Hall–Kier alpha value is -3.11.